The number of rotatable bonds is 8. The van der Waals surface area contributed by atoms with Crippen molar-refractivity contribution in [1.29, 1.82) is 0 Å². The molecule has 0 bridgehead atoms. The molecule has 0 heterocycles. The number of ether oxygens (including phenoxy) is 1. The van der Waals surface area contributed by atoms with Gasteiger partial charge in [-0.05, 0) is 57.0 Å². The van der Waals surface area contributed by atoms with Crippen molar-refractivity contribution < 1.29 is 9.84 Å². The Morgan fingerprint density at radius 1 is 1.09 bits per heavy atom. The van der Waals surface area contributed by atoms with E-state index < -0.39 is 6.10 Å². The van der Waals surface area contributed by atoms with Crippen LogP contribution in [0.1, 0.15) is 36.1 Å². The molecule has 2 rings (SSSR count). The van der Waals surface area contributed by atoms with Gasteiger partial charge in [0.05, 0.1) is 6.10 Å². The van der Waals surface area contributed by atoms with Gasteiger partial charge in [-0.25, -0.2) is 0 Å². The number of aryl methyl sites for hydroxylation is 2. The Morgan fingerprint density at radius 2 is 1.83 bits per heavy atom. The van der Waals surface area contributed by atoms with Gasteiger partial charge in [0.2, 0.25) is 0 Å². The van der Waals surface area contributed by atoms with Gasteiger partial charge in [0, 0.05) is 6.04 Å². The summed E-state index contributed by atoms with van der Waals surface area (Å²) in [5.74, 6) is 0.886. The summed E-state index contributed by atoms with van der Waals surface area (Å²) in [6.07, 6.45) is 0.268. The second-order valence-electron chi connectivity index (χ2n) is 6.14. The second kappa shape index (κ2) is 8.70. The van der Waals surface area contributed by atoms with E-state index in [-0.39, 0.29) is 6.04 Å². The average molecular weight is 313 g/mol. The molecule has 0 fully saturated rings. The minimum Gasteiger partial charge on any atom is -0.492 e. The van der Waals surface area contributed by atoms with Crippen LogP contribution in [0.5, 0.6) is 5.75 Å². The maximum atomic E-state index is 10.4. The first-order valence-electron chi connectivity index (χ1n) is 8.22. The summed E-state index contributed by atoms with van der Waals surface area (Å²) in [4.78, 5) is 0. The Labute approximate surface area is 139 Å². The third-order valence-corrected chi connectivity index (χ3v) is 3.95. The van der Waals surface area contributed by atoms with Gasteiger partial charge in [0.25, 0.3) is 0 Å². The first-order chi connectivity index (χ1) is 11.1. The van der Waals surface area contributed by atoms with E-state index in [4.69, 9.17) is 4.74 Å². The molecule has 2 aromatic carbocycles. The highest BCUT2D eigenvalue weighted by Gasteiger charge is 2.11. The monoisotopic (exact) mass is 313 g/mol. The minimum atomic E-state index is -0.426. The first-order valence-corrected chi connectivity index (χ1v) is 8.22. The van der Waals surface area contributed by atoms with Crippen LogP contribution in [0.15, 0.2) is 48.5 Å². The van der Waals surface area contributed by atoms with Gasteiger partial charge in [0.15, 0.2) is 0 Å². The van der Waals surface area contributed by atoms with Crippen molar-refractivity contribution in [2.75, 3.05) is 13.2 Å². The van der Waals surface area contributed by atoms with Gasteiger partial charge >= 0.3 is 0 Å². The Balaban J connectivity index is 1.72. The predicted molar refractivity (Wildman–Crippen MR) is 94.9 cm³/mol. The van der Waals surface area contributed by atoms with Crippen LogP contribution in [0.2, 0.25) is 0 Å². The molecular formula is C20H27NO2. The quantitative estimate of drug-likeness (QED) is 0.779. The zero-order chi connectivity index (χ0) is 16.7. The summed E-state index contributed by atoms with van der Waals surface area (Å²) in [6.45, 7) is 7.56. The highest BCUT2D eigenvalue weighted by atomic mass is 16.5. The Morgan fingerprint density at radius 3 is 2.57 bits per heavy atom. The summed E-state index contributed by atoms with van der Waals surface area (Å²) in [7, 11) is 0. The maximum absolute atomic E-state index is 10.4. The highest BCUT2D eigenvalue weighted by Crippen LogP contribution is 2.21. The molecular weight excluding hydrogens is 286 g/mol. The fourth-order valence-corrected chi connectivity index (χ4v) is 2.54. The van der Waals surface area contributed by atoms with Crippen molar-refractivity contribution in [2.45, 2.75) is 39.3 Å². The van der Waals surface area contributed by atoms with E-state index in [9.17, 15) is 5.11 Å². The summed E-state index contributed by atoms with van der Waals surface area (Å²) in [5.41, 5.74) is 3.35. The Hall–Kier alpha value is -1.84. The molecule has 0 saturated carbocycles. The molecule has 0 radical (unpaired) electrons. The molecule has 0 saturated heterocycles. The maximum Gasteiger partial charge on any atom is 0.119 e. The molecule has 3 nitrogen and oxygen atoms in total. The zero-order valence-corrected chi connectivity index (χ0v) is 14.3. The lowest BCUT2D eigenvalue weighted by Gasteiger charge is -2.18. The van der Waals surface area contributed by atoms with Crippen LogP contribution in [-0.2, 0) is 0 Å². The molecule has 0 aromatic heterocycles. The number of hydrogen-bond donors (Lipinski definition) is 2. The van der Waals surface area contributed by atoms with Crippen molar-refractivity contribution in [2.24, 2.45) is 0 Å². The van der Waals surface area contributed by atoms with Gasteiger partial charge in [-0.2, -0.15) is 0 Å². The molecule has 0 aliphatic heterocycles. The summed E-state index contributed by atoms with van der Waals surface area (Å²) in [5, 5.41) is 13.8. The first kappa shape index (κ1) is 17.5. The minimum absolute atomic E-state index is 0.237. The second-order valence-corrected chi connectivity index (χ2v) is 6.14. The van der Waals surface area contributed by atoms with Crippen LogP contribution in [0.25, 0.3) is 0 Å². The van der Waals surface area contributed by atoms with E-state index in [1.807, 2.05) is 37.3 Å². The molecule has 2 aromatic rings. The van der Waals surface area contributed by atoms with Crippen LogP contribution < -0.4 is 10.1 Å². The Bertz CT molecular complexity index is 598. The van der Waals surface area contributed by atoms with Crippen LogP contribution in [0.3, 0.4) is 0 Å². The predicted octanol–water partition coefficient (Wildman–Crippen LogP) is 3.78. The van der Waals surface area contributed by atoms with E-state index in [0.717, 1.165) is 23.4 Å². The molecule has 0 aliphatic carbocycles. The van der Waals surface area contributed by atoms with Crippen LogP contribution in [0, 0.1) is 13.8 Å². The SMILES string of the molecule is Cc1ccc(C)c(C(O)CCNC(C)COc2ccccc2)c1. The number of nitrogens with one attached hydrogen (secondary N) is 1. The fourth-order valence-electron chi connectivity index (χ4n) is 2.54. The van der Waals surface area contributed by atoms with Crippen LogP contribution in [0.4, 0.5) is 0 Å². The Kier molecular flexibility index (Phi) is 6.63. The molecule has 0 aliphatic rings. The number of hydrogen-bond acceptors (Lipinski definition) is 3. The summed E-state index contributed by atoms with van der Waals surface area (Å²) < 4.78 is 5.72. The van der Waals surface area contributed by atoms with Crippen LogP contribution >= 0.6 is 0 Å². The topological polar surface area (TPSA) is 41.5 Å². The fraction of sp³-hybridized carbons (Fsp3) is 0.400. The zero-order valence-electron chi connectivity index (χ0n) is 14.3. The lowest BCUT2D eigenvalue weighted by atomic mass is 9.99. The van der Waals surface area contributed by atoms with E-state index in [1.165, 1.54) is 5.56 Å². The van der Waals surface area contributed by atoms with Crippen molar-refractivity contribution in [3.05, 3.63) is 65.2 Å². The van der Waals surface area contributed by atoms with Crippen molar-refractivity contribution in [3.8, 4) is 5.75 Å². The van der Waals surface area contributed by atoms with Gasteiger partial charge in [-0.15, -0.1) is 0 Å². The number of aliphatic hydroxyl groups excluding tert-OH is 1. The highest BCUT2D eigenvalue weighted by molar-refractivity contribution is 5.32. The van der Waals surface area contributed by atoms with Crippen LogP contribution in [-0.4, -0.2) is 24.3 Å². The van der Waals surface area contributed by atoms with Gasteiger partial charge in [-0.1, -0.05) is 42.0 Å². The summed E-state index contributed by atoms with van der Waals surface area (Å²) >= 11 is 0. The largest absolute Gasteiger partial charge is 0.492 e. The van der Waals surface area contributed by atoms with Gasteiger partial charge in [-0.3, -0.25) is 0 Å². The molecule has 124 valence electrons. The summed E-state index contributed by atoms with van der Waals surface area (Å²) in [6, 6.07) is 16.3. The molecule has 2 unspecified atom stereocenters. The van der Waals surface area contributed by atoms with Gasteiger partial charge < -0.3 is 15.2 Å². The molecule has 2 N–H and O–H groups in total. The molecule has 0 amide bonds. The van der Waals surface area contributed by atoms with E-state index >= 15 is 0 Å². The smallest absolute Gasteiger partial charge is 0.119 e. The number of para-hydroxylation sites is 1. The standard InChI is InChI=1S/C20H27NO2/c1-15-9-10-16(2)19(13-15)20(22)11-12-21-17(3)14-23-18-7-5-4-6-8-18/h4-10,13,17,20-22H,11-12,14H2,1-3H3. The lowest BCUT2D eigenvalue weighted by molar-refractivity contribution is 0.162. The molecule has 3 heteroatoms. The van der Waals surface area contributed by atoms with E-state index in [2.05, 4.69) is 37.4 Å². The number of benzene rings is 2. The van der Waals surface area contributed by atoms with E-state index in [0.29, 0.717) is 13.0 Å². The van der Waals surface area contributed by atoms with Crippen molar-refractivity contribution in [3.63, 3.8) is 0 Å². The third-order valence-electron chi connectivity index (χ3n) is 3.95. The molecule has 2 atom stereocenters. The van der Waals surface area contributed by atoms with Crippen molar-refractivity contribution in [1.82, 2.24) is 5.32 Å². The van der Waals surface area contributed by atoms with E-state index in [1.54, 1.807) is 0 Å². The lowest BCUT2D eigenvalue weighted by Crippen LogP contribution is -2.33. The molecule has 23 heavy (non-hydrogen) atoms. The number of aliphatic hydroxyl groups is 1. The van der Waals surface area contributed by atoms with Gasteiger partial charge in [0.1, 0.15) is 12.4 Å². The average Bonchev–Trinajstić information content (AvgIpc) is 2.56. The van der Waals surface area contributed by atoms with Crippen molar-refractivity contribution >= 4 is 0 Å². The molecule has 0 spiro atoms. The third kappa shape index (κ3) is 5.70. The normalized spacial score (nSPS) is 13.6.